The molecule has 98 valence electrons. The average molecular weight is 241 g/mol. The third-order valence-corrected chi connectivity index (χ3v) is 2.21. The molecule has 0 fully saturated rings. The first-order chi connectivity index (χ1) is 8.01. The molecule has 0 aromatic heterocycles. The summed E-state index contributed by atoms with van der Waals surface area (Å²) in [5, 5.41) is 2.70. The second-order valence-electron chi connectivity index (χ2n) is 4.09. The molecule has 5 heteroatoms. The van der Waals surface area contributed by atoms with Crippen molar-refractivity contribution in [1.82, 2.24) is 15.1 Å². The zero-order chi connectivity index (χ0) is 13.3. The predicted molar refractivity (Wildman–Crippen MR) is 68.6 cm³/mol. The minimum absolute atomic E-state index is 0.00923. The normalized spacial score (nSPS) is 10.1. The first-order valence-corrected chi connectivity index (χ1v) is 5.81. The summed E-state index contributed by atoms with van der Waals surface area (Å²) in [5.41, 5.74) is 0. The van der Waals surface area contributed by atoms with E-state index in [-0.39, 0.29) is 24.9 Å². The van der Waals surface area contributed by atoms with Gasteiger partial charge in [0.1, 0.15) is 0 Å². The molecule has 5 nitrogen and oxygen atoms in total. The molecule has 0 saturated carbocycles. The maximum atomic E-state index is 11.6. The van der Waals surface area contributed by atoms with Crippen molar-refractivity contribution in [2.45, 2.75) is 13.3 Å². The SMILES string of the molecule is C=CCNC(=O)CN(CCC)CC(=O)N(C)C. The van der Waals surface area contributed by atoms with Gasteiger partial charge in [-0.3, -0.25) is 14.5 Å². The first kappa shape index (κ1) is 15.6. The van der Waals surface area contributed by atoms with E-state index < -0.39 is 0 Å². The van der Waals surface area contributed by atoms with Gasteiger partial charge in [0, 0.05) is 20.6 Å². The van der Waals surface area contributed by atoms with Gasteiger partial charge in [-0.25, -0.2) is 0 Å². The minimum atomic E-state index is -0.0788. The quantitative estimate of drug-likeness (QED) is 0.613. The van der Waals surface area contributed by atoms with Gasteiger partial charge in [0.25, 0.3) is 0 Å². The molecule has 0 bridgehead atoms. The van der Waals surface area contributed by atoms with Gasteiger partial charge in [-0.2, -0.15) is 0 Å². The highest BCUT2D eigenvalue weighted by molar-refractivity contribution is 5.81. The van der Waals surface area contributed by atoms with E-state index in [1.54, 1.807) is 20.2 Å². The Bertz CT molecular complexity index is 264. The van der Waals surface area contributed by atoms with Crippen LogP contribution in [0.4, 0.5) is 0 Å². The molecule has 0 aliphatic heterocycles. The number of nitrogens with zero attached hydrogens (tertiary/aromatic N) is 2. The number of nitrogens with one attached hydrogen (secondary N) is 1. The minimum Gasteiger partial charge on any atom is -0.352 e. The summed E-state index contributed by atoms with van der Waals surface area (Å²) in [6, 6.07) is 0. The number of carbonyl (C=O) groups is 2. The van der Waals surface area contributed by atoms with Crippen LogP contribution in [-0.2, 0) is 9.59 Å². The van der Waals surface area contributed by atoms with Crippen molar-refractivity contribution < 1.29 is 9.59 Å². The molecule has 1 N–H and O–H groups in total. The fourth-order valence-corrected chi connectivity index (χ4v) is 1.31. The van der Waals surface area contributed by atoms with Crippen molar-refractivity contribution in [3.8, 4) is 0 Å². The molecular formula is C12H23N3O2. The van der Waals surface area contributed by atoms with E-state index in [1.807, 2.05) is 11.8 Å². The highest BCUT2D eigenvalue weighted by atomic mass is 16.2. The second-order valence-corrected chi connectivity index (χ2v) is 4.09. The monoisotopic (exact) mass is 241 g/mol. The summed E-state index contributed by atoms with van der Waals surface area (Å²) in [7, 11) is 3.43. The van der Waals surface area contributed by atoms with Gasteiger partial charge < -0.3 is 10.2 Å². The van der Waals surface area contributed by atoms with E-state index in [2.05, 4.69) is 11.9 Å². The average Bonchev–Trinajstić information content (AvgIpc) is 2.26. The predicted octanol–water partition coefficient (Wildman–Crippen LogP) is 0.0888. The molecule has 0 spiro atoms. The summed E-state index contributed by atoms with van der Waals surface area (Å²) in [4.78, 5) is 26.5. The van der Waals surface area contributed by atoms with Crippen LogP contribution in [0.5, 0.6) is 0 Å². The summed E-state index contributed by atoms with van der Waals surface area (Å²) >= 11 is 0. The van der Waals surface area contributed by atoms with Crippen LogP contribution in [0.2, 0.25) is 0 Å². The maximum Gasteiger partial charge on any atom is 0.236 e. The molecule has 0 aromatic carbocycles. The lowest BCUT2D eigenvalue weighted by atomic mass is 10.3. The van der Waals surface area contributed by atoms with Crippen LogP contribution >= 0.6 is 0 Å². The fraction of sp³-hybridized carbons (Fsp3) is 0.667. The highest BCUT2D eigenvalue weighted by Crippen LogP contribution is 1.93. The zero-order valence-corrected chi connectivity index (χ0v) is 11.0. The van der Waals surface area contributed by atoms with Crippen LogP contribution in [0, 0.1) is 0 Å². The van der Waals surface area contributed by atoms with Gasteiger partial charge in [-0.1, -0.05) is 13.0 Å². The Hall–Kier alpha value is -1.36. The van der Waals surface area contributed by atoms with Crippen molar-refractivity contribution in [2.75, 3.05) is 40.3 Å². The van der Waals surface area contributed by atoms with Crippen LogP contribution in [-0.4, -0.2) is 61.9 Å². The van der Waals surface area contributed by atoms with Crippen LogP contribution in [0.1, 0.15) is 13.3 Å². The molecule has 0 heterocycles. The number of carbonyl (C=O) groups excluding carboxylic acids is 2. The Morgan fingerprint density at radius 1 is 1.29 bits per heavy atom. The van der Waals surface area contributed by atoms with Crippen molar-refractivity contribution in [2.24, 2.45) is 0 Å². The summed E-state index contributed by atoms with van der Waals surface area (Å²) in [5.74, 6) is -0.0696. The third kappa shape index (κ3) is 7.52. The van der Waals surface area contributed by atoms with Gasteiger partial charge in [0.15, 0.2) is 0 Å². The molecular weight excluding hydrogens is 218 g/mol. The smallest absolute Gasteiger partial charge is 0.236 e. The Kier molecular flexibility index (Phi) is 8.05. The molecule has 17 heavy (non-hydrogen) atoms. The molecule has 2 amide bonds. The third-order valence-electron chi connectivity index (χ3n) is 2.21. The van der Waals surface area contributed by atoms with Crippen LogP contribution in [0.3, 0.4) is 0 Å². The van der Waals surface area contributed by atoms with Crippen molar-refractivity contribution in [3.05, 3.63) is 12.7 Å². The van der Waals surface area contributed by atoms with Gasteiger partial charge in [-0.15, -0.1) is 6.58 Å². The van der Waals surface area contributed by atoms with Crippen LogP contribution < -0.4 is 5.32 Å². The lowest BCUT2D eigenvalue weighted by molar-refractivity contribution is -0.130. The second kappa shape index (κ2) is 8.75. The maximum absolute atomic E-state index is 11.6. The van der Waals surface area contributed by atoms with Gasteiger partial charge in [-0.05, 0) is 13.0 Å². The topological polar surface area (TPSA) is 52.7 Å². The van der Waals surface area contributed by atoms with E-state index >= 15 is 0 Å². The molecule has 0 aliphatic carbocycles. The Balaban J connectivity index is 4.18. The summed E-state index contributed by atoms with van der Waals surface area (Å²) < 4.78 is 0. The first-order valence-electron chi connectivity index (χ1n) is 5.81. The number of likely N-dealkylation sites (N-methyl/N-ethyl adjacent to an activating group) is 1. The molecule has 0 radical (unpaired) electrons. The van der Waals surface area contributed by atoms with Crippen molar-refractivity contribution in [1.29, 1.82) is 0 Å². The van der Waals surface area contributed by atoms with Crippen LogP contribution in [0.25, 0.3) is 0 Å². The van der Waals surface area contributed by atoms with E-state index in [1.165, 1.54) is 4.90 Å². The van der Waals surface area contributed by atoms with E-state index in [9.17, 15) is 9.59 Å². The fourth-order valence-electron chi connectivity index (χ4n) is 1.31. The van der Waals surface area contributed by atoms with Gasteiger partial charge in [0.05, 0.1) is 13.1 Å². The molecule has 0 rings (SSSR count). The molecule has 0 unspecified atom stereocenters. The number of hydrogen-bond donors (Lipinski definition) is 1. The summed E-state index contributed by atoms with van der Waals surface area (Å²) in [6.07, 6.45) is 2.54. The molecule has 0 atom stereocenters. The Morgan fingerprint density at radius 3 is 2.41 bits per heavy atom. The van der Waals surface area contributed by atoms with Crippen molar-refractivity contribution in [3.63, 3.8) is 0 Å². The van der Waals surface area contributed by atoms with Crippen LogP contribution in [0.15, 0.2) is 12.7 Å². The largest absolute Gasteiger partial charge is 0.352 e. The Labute approximate surface area is 103 Å². The number of amides is 2. The molecule has 0 saturated heterocycles. The standard InChI is InChI=1S/C12H23N3O2/c1-5-7-13-11(16)9-15(8-6-2)10-12(17)14(3)4/h5H,1,6-10H2,2-4H3,(H,13,16). The summed E-state index contributed by atoms with van der Waals surface area (Å²) in [6.45, 7) is 7.28. The zero-order valence-electron chi connectivity index (χ0n) is 11.0. The van der Waals surface area contributed by atoms with Gasteiger partial charge in [0.2, 0.25) is 11.8 Å². The lowest BCUT2D eigenvalue weighted by Crippen LogP contribution is -2.42. The van der Waals surface area contributed by atoms with E-state index in [4.69, 9.17) is 0 Å². The van der Waals surface area contributed by atoms with E-state index in [0.29, 0.717) is 6.54 Å². The van der Waals surface area contributed by atoms with E-state index in [0.717, 1.165) is 13.0 Å². The lowest BCUT2D eigenvalue weighted by Gasteiger charge is -2.22. The van der Waals surface area contributed by atoms with Gasteiger partial charge >= 0.3 is 0 Å². The number of rotatable bonds is 8. The Morgan fingerprint density at radius 2 is 1.94 bits per heavy atom. The molecule has 0 aliphatic rings. The molecule has 0 aromatic rings. The number of hydrogen-bond acceptors (Lipinski definition) is 3. The van der Waals surface area contributed by atoms with Crippen molar-refractivity contribution >= 4 is 11.8 Å². The highest BCUT2D eigenvalue weighted by Gasteiger charge is 2.14.